The van der Waals surface area contributed by atoms with E-state index in [4.69, 9.17) is 16.7 Å². The highest BCUT2D eigenvalue weighted by Crippen LogP contribution is 2.19. The molecule has 2 N–H and O–H groups in total. The fourth-order valence-electron chi connectivity index (χ4n) is 0.944. The number of aliphatic carboxylic acids is 1. The lowest BCUT2D eigenvalue weighted by Crippen LogP contribution is -2.10. The zero-order chi connectivity index (χ0) is 11.4. The van der Waals surface area contributed by atoms with Crippen LogP contribution >= 0.6 is 11.6 Å². The zero-order valence-electron chi connectivity index (χ0n) is 8.41. The summed E-state index contributed by atoms with van der Waals surface area (Å²) in [6, 6.07) is 5.23. The van der Waals surface area contributed by atoms with Crippen molar-refractivity contribution in [1.82, 2.24) is 0 Å². The molecule has 0 aliphatic carbocycles. The number of anilines is 1. The number of carboxylic acid groups (broad SMARTS) is 1. The molecular weight excluding hydrogens is 216 g/mol. The maximum atomic E-state index is 10.5. The number of hydrogen-bond donors (Lipinski definition) is 2. The number of benzene rings is 1. The molecule has 0 bridgehead atoms. The quantitative estimate of drug-likeness (QED) is 0.615. The van der Waals surface area contributed by atoms with E-state index in [1.54, 1.807) is 18.2 Å². The fourth-order valence-corrected chi connectivity index (χ4v) is 1.17. The molecule has 0 saturated carbocycles. The molecule has 0 aliphatic rings. The lowest BCUT2D eigenvalue weighted by molar-refractivity contribution is -0.129. The third-order valence-electron chi connectivity index (χ3n) is 1.84. The van der Waals surface area contributed by atoms with Crippen molar-refractivity contribution in [3.63, 3.8) is 0 Å². The Balaban J connectivity index is 2.82. The molecule has 1 rings (SSSR count). The molecule has 0 heterocycles. The van der Waals surface area contributed by atoms with Crippen LogP contribution in [-0.4, -0.2) is 16.8 Å². The number of halogens is 1. The van der Waals surface area contributed by atoms with Crippen molar-refractivity contribution in [1.29, 1.82) is 0 Å². The van der Waals surface area contributed by atoms with Crippen LogP contribution in [0.2, 0.25) is 5.02 Å². The van der Waals surface area contributed by atoms with Crippen molar-refractivity contribution in [2.24, 2.45) is 5.10 Å². The molecule has 4 nitrogen and oxygen atoms in total. The Bertz CT molecular complexity index is 416. The van der Waals surface area contributed by atoms with Crippen LogP contribution in [0.25, 0.3) is 0 Å². The minimum Gasteiger partial charge on any atom is -0.477 e. The van der Waals surface area contributed by atoms with Gasteiger partial charge >= 0.3 is 5.97 Å². The van der Waals surface area contributed by atoms with E-state index in [0.29, 0.717) is 5.02 Å². The Kier molecular flexibility index (Phi) is 3.68. The van der Waals surface area contributed by atoms with E-state index in [-0.39, 0.29) is 5.71 Å². The van der Waals surface area contributed by atoms with Crippen molar-refractivity contribution >= 4 is 29.0 Å². The molecule has 5 heteroatoms. The summed E-state index contributed by atoms with van der Waals surface area (Å²) >= 11 is 5.77. The van der Waals surface area contributed by atoms with E-state index in [0.717, 1.165) is 11.3 Å². The van der Waals surface area contributed by atoms with Crippen LogP contribution in [0.5, 0.6) is 0 Å². The van der Waals surface area contributed by atoms with E-state index < -0.39 is 5.97 Å². The average molecular weight is 227 g/mol. The Hall–Kier alpha value is -1.55. The van der Waals surface area contributed by atoms with E-state index in [2.05, 4.69) is 10.5 Å². The molecule has 0 aromatic heterocycles. The number of nitrogens with one attached hydrogen (secondary N) is 1. The average Bonchev–Trinajstić information content (AvgIpc) is 2.15. The Morgan fingerprint density at radius 3 is 2.73 bits per heavy atom. The van der Waals surface area contributed by atoms with Crippen LogP contribution in [0.1, 0.15) is 12.5 Å². The van der Waals surface area contributed by atoms with Gasteiger partial charge in [-0.05, 0) is 37.6 Å². The lowest BCUT2D eigenvalue weighted by atomic mass is 10.2. The molecule has 0 atom stereocenters. The summed E-state index contributed by atoms with van der Waals surface area (Å²) in [5.74, 6) is -1.05. The standard InChI is InChI=1S/C10H11ClN2O2/c1-6-5-8(11)3-4-9(6)13-12-7(2)10(14)15/h3-5,13H,1-2H3,(H,14,15). The molecule has 15 heavy (non-hydrogen) atoms. The maximum Gasteiger partial charge on any atom is 0.351 e. The SMILES string of the molecule is CC(=NNc1ccc(Cl)cc1C)C(=O)O. The minimum absolute atomic E-state index is 0.00403. The molecule has 0 radical (unpaired) electrons. The van der Waals surface area contributed by atoms with Gasteiger partial charge in [-0.1, -0.05) is 11.6 Å². The van der Waals surface area contributed by atoms with Crippen LogP contribution in [-0.2, 0) is 4.79 Å². The first-order valence-corrected chi connectivity index (χ1v) is 4.68. The summed E-state index contributed by atoms with van der Waals surface area (Å²) < 4.78 is 0. The predicted octanol–water partition coefficient (Wildman–Crippen LogP) is 2.52. The van der Waals surface area contributed by atoms with Crippen LogP contribution in [0, 0.1) is 6.92 Å². The number of hydrazone groups is 1. The molecule has 1 aromatic carbocycles. The largest absolute Gasteiger partial charge is 0.477 e. The summed E-state index contributed by atoms with van der Waals surface area (Å²) in [5, 5.41) is 12.9. The van der Waals surface area contributed by atoms with Gasteiger partial charge in [0.1, 0.15) is 5.71 Å². The summed E-state index contributed by atoms with van der Waals surface area (Å²) in [6.45, 7) is 3.28. The lowest BCUT2D eigenvalue weighted by Gasteiger charge is -2.05. The summed E-state index contributed by atoms with van der Waals surface area (Å²) in [6.07, 6.45) is 0. The molecule has 0 spiro atoms. The summed E-state index contributed by atoms with van der Waals surface area (Å²) in [7, 11) is 0. The van der Waals surface area contributed by atoms with Crippen molar-refractivity contribution in [2.75, 3.05) is 5.43 Å². The van der Waals surface area contributed by atoms with E-state index in [9.17, 15) is 4.79 Å². The molecule has 0 saturated heterocycles. The van der Waals surface area contributed by atoms with Gasteiger partial charge in [0.05, 0.1) is 5.69 Å². The smallest absolute Gasteiger partial charge is 0.351 e. The number of nitrogens with zero attached hydrogens (tertiary/aromatic N) is 1. The van der Waals surface area contributed by atoms with Gasteiger partial charge in [-0.25, -0.2) is 4.79 Å². The third kappa shape index (κ3) is 3.25. The van der Waals surface area contributed by atoms with Crippen molar-refractivity contribution in [3.8, 4) is 0 Å². The van der Waals surface area contributed by atoms with Crippen molar-refractivity contribution < 1.29 is 9.90 Å². The highest BCUT2D eigenvalue weighted by Gasteiger charge is 2.02. The van der Waals surface area contributed by atoms with Crippen LogP contribution in [0.15, 0.2) is 23.3 Å². The van der Waals surface area contributed by atoms with Gasteiger partial charge < -0.3 is 5.11 Å². The first-order chi connectivity index (χ1) is 7.00. The summed E-state index contributed by atoms with van der Waals surface area (Å²) in [4.78, 5) is 10.5. The Labute approximate surface area is 92.6 Å². The first kappa shape index (κ1) is 11.5. The van der Waals surface area contributed by atoms with Gasteiger partial charge in [-0.2, -0.15) is 5.10 Å². The second-order valence-corrected chi connectivity index (χ2v) is 3.51. The number of aryl methyl sites for hydroxylation is 1. The highest BCUT2D eigenvalue weighted by molar-refractivity contribution is 6.34. The number of carbonyl (C=O) groups is 1. The van der Waals surface area contributed by atoms with E-state index >= 15 is 0 Å². The summed E-state index contributed by atoms with van der Waals surface area (Å²) in [5.41, 5.74) is 4.32. The zero-order valence-corrected chi connectivity index (χ0v) is 9.17. The van der Waals surface area contributed by atoms with Gasteiger partial charge in [0, 0.05) is 5.02 Å². The van der Waals surface area contributed by atoms with Gasteiger partial charge in [-0.3, -0.25) is 5.43 Å². The maximum absolute atomic E-state index is 10.5. The topological polar surface area (TPSA) is 61.7 Å². The fraction of sp³-hybridized carbons (Fsp3) is 0.200. The predicted molar refractivity (Wildman–Crippen MR) is 60.6 cm³/mol. The molecule has 80 valence electrons. The minimum atomic E-state index is -1.05. The second-order valence-electron chi connectivity index (χ2n) is 3.07. The number of rotatable bonds is 3. The molecule has 0 amide bonds. The molecule has 0 unspecified atom stereocenters. The highest BCUT2D eigenvalue weighted by atomic mass is 35.5. The first-order valence-electron chi connectivity index (χ1n) is 4.30. The van der Waals surface area contributed by atoms with Gasteiger partial charge in [-0.15, -0.1) is 0 Å². The molecular formula is C10H11ClN2O2. The monoisotopic (exact) mass is 226 g/mol. The van der Waals surface area contributed by atoms with Crippen LogP contribution < -0.4 is 5.43 Å². The van der Waals surface area contributed by atoms with Crippen molar-refractivity contribution in [3.05, 3.63) is 28.8 Å². The molecule has 1 aromatic rings. The van der Waals surface area contributed by atoms with Crippen LogP contribution in [0.4, 0.5) is 5.69 Å². The van der Waals surface area contributed by atoms with Gasteiger partial charge in [0.2, 0.25) is 0 Å². The molecule has 0 aliphatic heterocycles. The number of hydrogen-bond acceptors (Lipinski definition) is 3. The number of carboxylic acids is 1. The van der Waals surface area contributed by atoms with E-state index in [1.807, 2.05) is 6.92 Å². The Morgan fingerprint density at radius 2 is 2.20 bits per heavy atom. The third-order valence-corrected chi connectivity index (χ3v) is 2.08. The van der Waals surface area contributed by atoms with Crippen molar-refractivity contribution in [2.45, 2.75) is 13.8 Å². The van der Waals surface area contributed by atoms with Gasteiger partial charge in [0.25, 0.3) is 0 Å². The molecule has 0 fully saturated rings. The normalized spacial score (nSPS) is 11.3. The van der Waals surface area contributed by atoms with E-state index in [1.165, 1.54) is 6.92 Å². The van der Waals surface area contributed by atoms with Crippen LogP contribution in [0.3, 0.4) is 0 Å². The Morgan fingerprint density at radius 1 is 1.53 bits per heavy atom. The van der Waals surface area contributed by atoms with Gasteiger partial charge in [0.15, 0.2) is 0 Å². The second kappa shape index (κ2) is 4.79.